The van der Waals surface area contributed by atoms with E-state index in [1.807, 2.05) is 53.4 Å². The van der Waals surface area contributed by atoms with Crippen LogP contribution in [0.15, 0.2) is 70.6 Å². The molecule has 208 valence electrons. The van der Waals surface area contributed by atoms with Crippen molar-refractivity contribution < 1.29 is 28.9 Å². The Hall–Kier alpha value is -4.76. The van der Waals surface area contributed by atoms with Gasteiger partial charge in [0, 0.05) is 28.3 Å². The number of β-lactam (4-membered cyclic amide) rings is 1. The van der Waals surface area contributed by atoms with E-state index in [0.29, 0.717) is 16.8 Å². The molecule has 0 bridgehead atoms. The number of aromatic nitrogens is 4. The molecule has 0 aliphatic carbocycles. The highest BCUT2D eigenvalue weighted by Crippen LogP contribution is 2.40. The standard InChI is InChI=1S/C26H22N8O5S2/c1-39-32-18(17-12-41-26(27)30-17)22(35)31-19-23(36)34-20(25(37)38)14(11-40-24(19)34)9-33-8-7-15-16(10-33)29-21(28-15)13-5-3-2-4-6-13/h2-8,10,12,19,24H,9,11H2,1H3,(H4,27,30,31,35,37,38)/t19?,24-/m0/s1. The second-order valence-corrected chi connectivity index (χ2v) is 11.2. The van der Waals surface area contributed by atoms with Gasteiger partial charge in [-0.1, -0.05) is 35.5 Å². The van der Waals surface area contributed by atoms with Crippen molar-refractivity contribution in [1.29, 1.82) is 0 Å². The third-order valence-electron chi connectivity index (χ3n) is 6.59. The lowest BCUT2D eigenvalue weighted by atomic mass is 10.0. The van der Waals surface area contributed by atoms with Crippen molar-refractivity contribution in [3.8, 4) is 11.4 Å². The van der Waals surface area contributed by atoms with Crippen LogP contribution in [0.4, 0.5) is 5.13 Å². The molecule has 0 radical (unpaired) electrons. The number of nitrogens with one attached hydrogen (secondary N) is 2. The number of imidazole rings is 1. The highest BCUT2D eigenvalue weighted by molar-refractivity contribution is 8.00. The van der Waals surface area contributed by atoms with E-state index in [0.717, 1.165) is 28.2 Å². The molecule has 2 aliphatic heterocycles. The van der Waals surface area contributed by atoms with E-state index in [9.17, 15) is 19.5 Å². The first kappa shape index (κ1) is 26.5. The number of oxime groups is 1. The zero-order valence-electron chi connectivity index (χ0n) is 21.4. The summed E-state index contributed by atoms with van der Waals surface area (Å²) in [5.41, 5.74) is 8.52. The van der Waals surface area contributed by atoms with Crippen molar-refractivity contribution in [1.82, 2.24) is 25.2 Å². The Bertz CT molecular complexity index is 1750. The molecular formula is C26H22N8O5S2. The number of amides is 2. The normalized spacial score (nSPS) is 18.7. The molecule has 0 spiro atoms. The summed E-state index contributed by atoms with van der Waals surface area (Å²) < 4.78 is 1.81. The van der Waals surface area contributed by atoms with Crippen LogP contribution in [0.25, 0.3) is 22.4 Å². The van der Waals surface area contributed by atoms with E-state index < -0.39 is 29.2 Å². The van der Waals surface area contributed by atoms with Crippen LogP contribution >= 0.6 is 23.1 Å². The molecule has 3 aromatic heterocycles. The number of benzene rings is 1. The number of nitrogens with zero attached hydrogens (tertiary/aromatic N) is 5. The van der Waals surface area contributed by atoms with Crippen LogP contribution in [0.3, 0.4) is 0 Å². The molecular weight excluding hydrogens is 568 g/mol. The van der Waals surface area contributed by atoms with Crippen molar-refractivity contribution >= 4 is 62.8 Å². The Kier molecular flexibility index (Phi) is 6.88. The van der Waals surface area contributed by atoms with Gasteiger partial charge in [0.25, 0.3) is 11.8 Å². The van der Waals surface area contributed by atoms with Gasteiger partial charge in [-0.3, -0.25) is 14.5 Å². The molecule has 4 aromatic rings. The Labute approximate surface area is 240 Å². The number of pyridine rings is 1. The summed E-state index contributed by atoms with van der Waals surface area (Å²) in [6.07, 6.45) is 3.63. The minimum Gasteiger partial charge on any atom is -0.543 e. The number of carboxylic acids is 1. The first-order valence-corrected chi connectivity index (χ1v) is 14.2. The molecule has 0 saturated carbocycles. The van der Waals surface area contributed by atoms with E-state index in [-0.39, 0.29) is 28.8 Å². The summed E-state index contributed by atoms with van der Waals surface area (Å²) in [5, 5.41) is 19.7. The van der Waals surface area contributed by atoms with Gasteiger partial charge >= 0.3 is 0 Å². The number of carbonyl (C=O) groups excluding carboxylic acids is 3. The number of nitrogen functional groups attached to an aromatic ring is 1. The maximum Gasteiger partial charge on any atom is 0.276 e. The molecule has 1 unspecified atom stereocenters. The van der Waals surface area contributed by atoms with Gasteiger partial charge in [-0.25, -0.2) is 9.97 Å². The van der Waals surface area contributed by atoms with Crippen molar-refractivity contribution in [3.63, 3.8) is 0 Å². The van der Waals surface area contributed by atoms with Crippen LogP contribution in [0.5, 0.6) is 0 Å². The van der Waals surface area contributed by atoms with Crippen molar-refractivity contribution in [2.75, 3.05) is 18.6 Å². The zero-order chi connectivity index (χ0) is 28.7. The van der Waals surface area contributed by atoms with Crippen LogP contribution in [0, 0.1) is 0 Å². The topological polar surface area (TPSA) is 183 Å². The zero-order valence-corrected chi connectivity index (χ0v) is 23.1. The third kappa shape index (κ3) is 4.89. The van der Waals surface area contributed by atoms with Gasteiger partial charge in [0.15, 0.2) is 35.3 Å². The Morgan fingerprint density at radius 2 is 2.10 bits per heavy atom. The summed E-state index contributed by atoms with van der Waals surface area (Å²) in [4.78, 5) is 56.3. The summed E-state index contributed by atoms with van der Waals surface area (Å²) in [6, 6.07) is 10.6. The average molecular weight is 591 g/mol. The van der Waals surface area contributed by atoms with Crippen LogP contribution in [0.2, 0.25) is 0 Å². The largest absolute Gasteiger partial charge is 0.543 e. The first-order chi connectivity index (χ1) is 19.8. The van der Waals surface area contributed by atoms with Gasteiger partial charge in [-0.15, -0.1) is 23.1 Å². The molecule has 6 rings (SSSR count). The fourth-order valence-electron chi connectivity index (χ4n) is 4.74. The second-order valence-electron chi connectivity index (χ2n) is 9.16. The van der Waals surface area contributed by atoms with Gasteiger partial charge in [0.2, 0.25) is 0 Å². The smallest absolute Gasteiger partial charge is 0.276 e. The molecule has 1 aromatic carbocycles. The average Bonchev–Trinajstić information content (AvgIpc) is 3.60. The lowest BCUT2D eigenvalue weighted by Crippen LogP contribution is -2.71. The molecule has 2 atom stereocenters. The van der Waals surface area contributed by atoms with Crippen molar-refractivity contribution in [3.05, 3.63) is 71.1 Å². The second kappa shape index (κ2) is 10.7. The predicted octanol–water partition coefficient (Wildman–Crippen LogP) is 0.0107. The van der Waals surface area contributed by atoms with Crippen LogP contribution in [-0.4, -0.2) is 67.6 Å². The number of aromatic amines is 1. The molecule has 2 aliphatic rings. The summed E-state index contributed by atoms with van der Waals surface area (Å²) >= 11 is 2.47. The number of carbonyl (C=O) groups is 3. The van der Waals surface area contributed by atoms with Crippen LogP contribution in [0.1, 0.15) is 5.69 Å². The first-order valence-electron chi connectivity index (χ1n) is 12.3. The van der Waals surface area contributed by atoms with E-state index in [1.54, 1.807) is 5.38 Å². The number of aliphatic carboxylic acids is 1. The molecule has 2 amide bonds. The Morgan fingerprint density at radius 3 is 2.80 bits per heavy atom. The maximum absolute atomic E-state index is 13.1. The SMILES string of the molecule is CON=C(C(=O)NC1C(=O)N2C(C(=O)[O-])=C(C[n+]3ccc4[nH]c(-c5ccccc5)nc4c3)CS[C@@H]12)c1csc(N)n1. The number of thioether (sulfide) groups is 1. The number of rotatable bonds is 8. The van der Waals surface area contributed by atoms with Gasteiger partial charge in [0.1, 0.15) is 30.0 Å². The van der Waals surface area contributed by atoms with Crippen LogP contribution in [-0.2, 0) is 25.8 Å². The number of nitrogens with two attached hydrogens (primary N) is 1. The summed E-state index contributed by atoms with van der Waals surface area (Å²) in [5.74, 6) is -1.69. The number of hydrogen-bond acceptors (Lipinski definition) is 11. The number of carboxylic acid groups (broad SMARTS) is 1. The van der Waals surface area contributed by atoms with E-state index in [4.69, 9.17) is 10.6 Å². The summed E-state index contributed by atoms with van der Waals surface area (Å²) in [6.45, 7) is 0.212. The van der Waals surface area contributed by atoms with Gasteiger partial charge in [-0.05, 0) is 0 Å². The van der Waals surface area contributed by atoms with E-state index >= 15 is 0 Å². The highest BCUT2D eigenvalue weighted by Gasteiger charge is 2.53. The van der Waals surface area contributed by atoms with E-state index in [2.05, 4.69) is 25.4 Å². The molecule has 1 saturated heterocycles. The lowest BCUT2D eigenvalue weighted by molar-refractivity contribution is -0.687. The molecule has 41 heavy (non-hydrogen) atoms. The number of hydrogen-bond donors (Lipinski definition) is 3. The van der Waals surface area contributed by atoms with Gasteiger partial charge in [-0.2, -0.15) is 4.57 Å². The lowest BCUT2D eigenvalue weighted by Gasteiger charge is -2.50. The fourth-order valence-corrected chi connectivity index (χ4v) is 6.63. The van der Waals surface area contributed by atoms with Gasteiger partial charge < -0.3 is 30.8 Å². The third-order valence-corrected chi connectivity index (χ3v) is 8.61. The molecule has 13 nitrogen and oxygen atoms in total. The number of anilines is 1. The van der Waals surface area contributed by atoms with E-state index in [1.165, 1.54) is 23.8 Å². The predicted molar refractivity (Wildman–Crippen MR) is 149 cm³/mol. The quantitative estimate of drug-likeness (QED) is 0.110. The minimum atomic E-state index is -1.46. The molecule has 5 heterocycles. The monoisotopic (exact) mass is 590 g/mol. The Balaban J connectivity index is 1.21. The molecule has 4 N–H and O–H groups in total. The number of fused-ring (bicyclic) bond motifs is 2. The van der Waals surface area contributed by atoms with Crippen molar-refractivity contribution in [2.45, 2.75) is 18.0 Å². The summed E-state index contributed by atoms with van der Waals surface area (Å²) in [7, 11) is 1.28. The fraction of sp³-hybridized carbons (Fsp3) is 0.192. The number of H-pyrrole nitrogens is 1. The highest BCUT2D eigenvalue weighted by atomic mass is 32.2. The molecule has 15 heteroatoms. The number of thiazole rings is 1. The Morgan fingerprint density at radius 1 is 1.29 bits per heavy atom. The van der Waals surface area contributed by atoms with Crippen molar-refractivity contribution in [2.24, 2.45) is 5.16 Å². The maximum atomic E-state index is 13.1. The molecule has 1 fully saturated rings. The van der Waals surface area contributed by atoms with Gasteiger partial charge in [0.05, 0.1) is 17.2 Å². The van der Waals surface area contributed by atoms with Crippen LogP contribution < -0.4 is 20.7 Å². The minimum absolute atomic E-state index is 0.149.